The van der Waals surface area contributed by atoms with E-state index in [4.69, 9.17) is 19.7 Å². The predicted molar refractivity (Wildman–Crippen MR) is 233 cm³/mol. The molecule has 1 spiro atoms. The standard InChI is InChI=1S/C52H33N3OS/c1-2-15-32(16-3-1)49-53-50(33-29-30-38-37-20-8-13-28-46(37)57-47(38)31-33)55-51(54-49)40-21-5-4-17-34(40)39-22-14-26-44-48(39)56-45-27-12-11-25-43(45)52(44)41-23-9-6-18-35(41)36-19-7-10-24-42(36)52/h1-9,11-23,25-31H,10,24H2. The fourth-order valence-electron chi connectivity index (χ4n) is 9.52. The molecule has 2 aliphatic carbocycles. The Balaban J connectivity index is 1.08. The molecule has 5 heteroatoms. The highest BCUT2D eigenvalue weighted by Gasteiger charge is 2.52. The van der Waals surface area contributed by atoms with Crippen molar-refractivity contribution in [3.63, 3.8) is 0 Å². The van der Waals surface area contributed by atoms with E-state index in [0.717, 1.165) is 52.2 Å². The van der Waals surface area contributed by atoms with Crippen LogP contribution in [0.5, 0.6) is 11.5 Å². The zero-order valence-corrected chi connectivity index (χ0v) is 31.6. The molecule has 1 unspecified atom stereocenters. The maximum absolute atomic E-state index is 7.09. The van der Waals surface area contributed by atoms with Crippen LogP contribution >= 0.6 is 11.3 Å². The van der Waals surface area contributed by atoms with Gasteiger partial charge in [0.15, 0.2) is 17.5 Å². The van der Waals surface area contributed by atoms with Gasteiger partial charge in [0, 0.05) is 53.6 Å². The molecule has 0 saturated carbocycles. The van der Waals surface area contributed by atoms with Crippen LogP contribution in [-0.2, 0) is 5.41 Å². The van der Waals surface area contributed by atoms with Crippen LogP contribution in [0.15, 0.2) is 182 Å². The van der Waals surface area contributed by atoms with Gasteiger partial charge in [-0.2, -0.15) is 0 Å². The summed E-state index contributed by atoms with van der Waals surface area (Å²) in [7, 11) is 0. The van der Waals surface area contributed by atoms with Crippen LogP contribution in [0.4, 0.5) is 0 Å². The molecule has 0 bridgehead atoms. The van der Waals surface area contributed by atoms with Gasteiger partial charge in [0.25, 0.3) is 0 Å². The molecule has 1 atom stereocenters. The summed E-state index contributed by atoms with van der Waals surface area (Å²) in [4.78, 5) is 15.6. The van der Waals surface area contributed by atoms with Gasteiger partial charge in [0.2, 0.25) is 0 Å². The zero-order chi connectivity index (χ0) is 37.5. The van der Waals surface area contributed by atoms with Gasteiger partial charge in [-0.25, -0.2) is 15.0 Å². The first kappa shape index (κ1) is 32.3. The summed E-state index contributed by atoms with van der Waals surface area (Å²) in [5.41, 5.74) is 12.1. The van der Waals surface area contributed by atoms with Crippen LogP contribution in [0.3, 0.4) is 0 Å². The summed E-state index contributed by atoms with van der Waals surface area (Å²) in [6, 6.07) is 58.0. The Morgan fingerprint density at radius 1 is 0.491 bits per heavy atom. The van der Waals surface area contributed by atoms with Crippen LogP contribution in [-0.4, -0.2) is 15.0 Å². The fourth-order valence-corrected chi connectivity index (χ4v) is 10.7. The van der Waals surface area contributed by atoms with Gasteiger partial charge in [-0.1, -0.05) is 158 Å². The number of hydrogen-bond acceptors (Lipinski definition) is 5. The van der Waals surface area contributed by atoms with Gasteiger partial charge >= 0.3 is 0 Å². The molecule has 7 aromatic carbocycles. The number of nitrogens with zero attached hydrogens (tertiary/aromatic N) is 3. The number of rotatable bonds is 4. The molecular weight excluding hydrogens is 715 g/mol. The van der Waals surface area contributed by atoms with Crippen LogP contribution in [0.1, 0.15) is 35.1 Å². The van der Waals surface area contributed by atoms with Crippen molar-refractivity contribution in [2.75, 3.05) is 0 Å². The lowest BCUT2D eigenvalue weighted by Crippen LogP contribution is -2.33. The molecule has 0 amide bonds. The lowest BCUT2D eigenvalue weighted by molar-refractivity contribution is 0.433. The fraction of sp³-hybridized carbons (Fsp3) is 0.0577. The summed E-state index contributed by atoms with van der Waals surface area (Å²) in [5.74, 6) is 3.64. The molecule has 268 valence electrons. The van der Waals surface area contributed by atoms with E-state index in [9.17, 15) is 0 Å². The van der Waals surface area contributed by atoms with Crippen LogP contribution in [0.2, 0.25) is 0 Å². The molecule has 1 aliphatic heterocycles. The van der Waals surface area contributed by atoms with Gasteiger partial charge in [-0.15, -0.1) is 11.3 Å². The quantitative estimate of drug-likeness (QED) is 0.180. The molecule has 9 aromatic rings. The van der Waals surface area contributed by atoms with Crippen LogP contribution < -0.4 is 4.74 Å². The van der Waals surface area contributed by atoms with E-state index in [-0.39, 0.29) is 0 Å². The van der Waals surface area contributed by atoms with E-state index in [0.29, 0.717) is 17.5 Å². The first-order chi connectivity index (χ1) is 28.3. The number of benzene rings is 7. The number of hydrogen-bond donors (Lipinski definition) is 0. The highest BCUT2D eigenvalue weighted by molar-refractivity contribution is 7.25. The Bertz CT molecular complexity index is 3180. The van der Waals surface area contributed by atoms with E-state index >= 15 is 0 Å². The molecule has 4 nitrogen and oxygen atoms in total. The number of aromatic nitrogens is 3. The minimum atomic E-state index is -0.474. The van der Waals surface area contributed by atoms with Crippen molar-refractivity contribution in [1.29, 1.82) is 0 Å². The number of ether oxygens (including phenoxy) is 1. The normalized spacial score (nSPS) is 16.4. The van der Waals surface area contributed by atoms with Crippen molar-refractivity contribution in [3.8, 4) is 56.8 Å². The minimum Gasteiger partial charge on any atom is -0.456 e. The molecule has 0 fully saturated rings. The molecule has 0 saturated heterocycles. The van der Waals surface area contributed by atoms with Crippen LogP contribution in [0.25, 0.3) is 71.0 Å². The smallest absolute Gasteiger partial charge is 0.164 e. The average molecular weight is 748 g/mol. The second-order valence-corrected chi connectivity index (χ2v) is 16.0. The second-order valence-electron chi connectivity index (χ2n) is 14.9. The van der Waals surface area contributed by atoms with E-state index < -0.39 is 5.41 Å². The Hall–Kier alpha value is -6.95. The van der Waals surface area contributed by atoms with Crippen molar-refractivity contribution in [1.82, 2.24) is 15.0 Å². The van der Waals surface area contributed by atoms with Crippen molar-refractivity contribution < 1.29 is 4.74 Å². The Morgan fingerprint density at radius 2 is 1.16 bits per heavy atom. The van der Waals surface area contributed by atoms with Crippen molar-refractivity contribution >= 4 is 37.1 Å². The molecule has 12 rings (SSSR count). The maximum Gasteiger partial charge on any atom is 0.164 e. The summed E-state index contributed by atoms with van der Waals surface area (Å²) >= 11 is 1.80. The van der Waals surface area contributed by atoms with Gasteiger partial charge in [-0.05, 0) is 58.9 Å². The summed E-state index contributed by atoms with van der Waals surface area (Å²) in [6.45, 7) is 0. The largest absolute Gasteiger partial charge is 0.456 e. The van der Waals surface area contributed by atoms with Crippen molar-refractivity contribution in [3.05, 3.63) is 204 Å². The number of thiophene rings is 1. The predicted octanol–water partition coefficient (Wildman–Crippen LogP) is 13.5. The van der Waals surface area contributed by atoms with E-state index in [1.165, 1.54) is 53.6 Å². The Kier molecular flexibility index (Phi) is 7.10. The van der Waals surface area contributed by atoms with E-state index in [2.05, 4.69) is 158 Å². The van der Waals surface area contributed by atoms with E-state index in [1.54, 1.807) is 11.3 Å². The van der Waals surface area contributed by atoms with Gasteiger partial charge in [-0.3, -0.25) is 0 Å². The molecule has 0 N–H and O–H groups in total. The SMILES string of the molecule is C1=CC2=C(CC1)C1(c3ccccc3Oc3c(-c4ccccc4-c4nc(-c5ccccc5)nc(-c5ccc6c(c5)sc5ccccc56)n4)cccc31)c1ccccc12. The molecule has 3 heterocycles. The molecule has 0 radical (unpaired) electrons. The highest BCUT2D eigenvalue weighted by atomic mass is 32.1. The lowest BCUT2D eigenvalue weighted by atomic mass is 9.63. The Labute approximate surface area is 334 Å². The van der Waals surface area contributed by atoms with Crippen LogP contribution in [0, 0.1) is 0 Å². The second kappa shape index (κ2) is 12.5. The third-order valence-corrected chi connectivity index (χ3v) is 13.1. The third kappa shape index (κ3) is 4.76. The van der Waals surface area contributed by atoms with Crippen molar-refractivity contribution in [2.45, 2.75) is 18.3 Å². The topological polar surface area (TPSA) is 47.9 Å². The van der Waals surface area contributed by atoms with Gasteiger partial charge < -0.3 is 4.74 Å². The minimum absolute atomic E-state index is 0.474. The zero-order valence-electron chi connectivity index (χ0n) is 30.8. The monoisotopic (exact) mass is 747 g/mol. The Morgan fingerprint density at radius 3 is 2.05 bits per heavy atom. The molecule has 57 heavy (non-hydrogen) atoms. The average Bonchev–Trinajstić information content (AvgIpc) is 3.80. The molecular formula is C52H33N3OS. The number of para-hydroxylation sites is 2. The summed E-state index contributed by atoms with van der Waals surface area (Å²) < 4.78 is 9.57. The van der Waals surface area contributed by atoms with Crippen molar-refractivity contribution in [2.24, 2.45) is 0 Å². The molecule has 3 aliphatic rings. The van der Waals surface area contributed by atoms with E-state index in [1.807, 2.05) is 18.2 Å². The molecule has 2 aromatic heterocycles. The highest BCUT2D eigenvalue weighted by Crippen LogP contribution is 2.64. The van der Waals surface area contributed by atoms with Gasteiger partial charge in [0.1, 0.15) is 11.5 Å². The number of fused-ring (bicyclic) bond motifs is 11. The maximum atomic E-state index is 7.09. The summed E-state index contributed by atoms with van der Waals surface area (Å²) in [5, 5.41) is 2.51. The third-order valence-electron chi connectivity index (χ3n) is 11.9. The summed E-state index contributed by atoms with van der Waals surface area (Å²) in [6.07, 6.45) is 6.65. The van der Waals surface area contributed by atoms with Gasteiger partial charge in [0.05, 0.1) is 5.41 Å². The first-order valence-electron chi connectivity index (χ1n) is 19.5. The number of allylic oxidation sites excluding steroid dienone is 4. The first-order valence-corrected chi connectivity index (χ1v) is 20.3. The lowest BCUT2D eigenvalue weighted by Gasteiger charge is -2.41.